The summed E-state index contributed by atoms with van der Waals surface area (Å²) in [7, 11) is 0. The number of anilines is 3. The van der Waals surface area contributed by atoms with Crippen LogP contribution in [-0.2, 0) is 0 Å². The number of aromatic nitrogens is 1. The molecule has 0 fully saturated rings. The van der Waals surface area contributed by atoms with Gasteiger partial charge in [0.05, 0.1) is 0 Å². The Kier molecular flexibility index (Phi) is 7.42. The van der Waals surface area contributed by atoms with Crippen LogP contribution in [0.3, 0.4) is 0 Å². The first-order chi connectivity index (χ1) is 27.7. The molecule has 0 amide bonds. The fourth-order valence-corrected chi connectivity index (χ4v) is 7.66. The summed E-state index contributed by atoms with van der Waals surface area (Å²) < 4.78 is 18.3. The highest BCUT2D eigenvalue weighted by Gasteiger charge is 2.16. The predicted octanol–water partition coefficient (Wildman–Crippen LogP) is 14.6. The second-order valence-corrected chi connectivity index (χ2v) is 14.0. The highest BCUT2D eigenvalue weighted by atomic mass is 16.3. The molecule has 0 aliphatic rings. The van der Waals surface area contributed by atoms with E-state index in [1.165, 1.54) is 0 Å². The van der Waals surface area contributed by atoms with Gasteiger partial charge in [0, 0.05) is 44.3 Å². The van der Waals surface area contributed by atoms with Crippen LogP contribution in [0.5, 0.6) is 0 Å². The van der Waals surface area contributed by atoms with Crippen LogP contribution >= 0.6 is 0 Å². The molecule has 0 saturated carbocycles. The van der Waals surface area contributed by atoms with Crippen molar-refractivity contribution >= 4 is 61.1 Å². The van der Waals surface area contributed by atoms with E-state index in [1.807, 2.05) is 54.6 Å². The molecule has 0 aliphatic carbocycles. The van der Waals surface area contributed by atoms with Gasteiger partial charge in [-0.05, 0) is 113 Å². The molecule has 0 radical (unpaired) electrons. The Bertz CT molecular complexity index is 3100. The van der Waals surface area contributed by atoms with Crippen LogP contribution in [0.1, 0.15) is 0 Å². The number of benzene rings is 8. The molecule has 0 bridgehead atoms. The van der Waals surface area contributed by atoms with Crippen molar-refractivity contribution in [3.8, 4) is 45.0 Å². The van der Waals surface area contributed by atoms with Gasteiger partial charge in [0.15, 0.2) is 5.58 Å². The maximum absolute atomic E-state index is 6.12. The average Bonchev–Trinajstić information content (AvgIpc) is 4.00. The SMILES string of the molecule is c1ccc2oc(-c3ccc(-c4ccc(N(c5ccc(-c6ccc7oc8ccccc8c7c6)cc5)c5ccc(-c6nc7ccccc7o6)cc5)cc4)cc3)cc2c1. The summed E-state index contributed by atoms with van der Waals surface area (Å²) >= 11 is 0. The van der Waals surface area contributed by atoms with Gasteiger partial charge < -0.3 is 18.2 Å². The lowest BCUT2D eigenvalue weighted by molar-refractivity contribution is 0.620. The maximum atomic E-state index is 6.12. The van der Waals surface area contributed by atoms with Crippen LogP contribution in [-0.4, -0.2) is 4.98 Å². The van der Waals surface area contributed by atoms with E-state index in [2.05, 4.69) is 144 Å². The first-order valence-electron chi connectivity index (χ1n) is 18.7. The number of hydrogen-bond donors (Lipinski definition) is 0. The molecule has 264 valence electrons. The third-order valence-corrected chi connectivity index (χ3v) is 10.6. The normalized spacial score (nSPS) is 11.6. The van der Waals surface area contributed by atoms with Crippen LogP contribution in [0.25, 0.3) is 89.0 Å². The molecule has 5 heteroatoms. The summed E-state index contributed by atoms with van der Waals surface area (Å²) in [6, 6.07) is 67.1. The summed E-state index contributed by atoms with van der Waals surface area (Å²) in [6.45, 7) is 0. The molecule has 0 saturated heterocycles. The smallest absolute Gasteiger partial charge is 0.227 e. The van der Waals surface area contributed by atoms with E-state index in [0.29, 0.717) is 5.89 Å². The van der Waals surface area contributed by atoms with Crippen molar-refractivity contribution in [2.75, 3.05) is 4.90 Å². The zero-order valence-corrected chi connectivity index (χ0v) is 30.1. The minimum absolute atomic E-state index is 0.603. The Labute approximate surface area is 322 Å². The molecular weight excluding hydrogens is 689 g/mol. The van der Waals surface area contributed by atoms with E-state index < -0.39 is 0 Å². The Morgan fingerprint density at radius 3 is 1.54 bits per heavy atom. The number of fused-ring (bicyclic) bond motifs is 5. The Morgan fingerprint density at radius 1 is 0.339 bits per heavy atom. The summed E-state index contributed by atoms with van der Waals surface area (Å²) in [5.41, 5.74) is 13.9. The highest BCUT2D eigenvalue weighted by Crippen LogP contribution is 2.39. The number of oxazole rings is 1. The third kappa shape index (κ3) is 5.62. The van der Waals surface area contributed by atoms with Gasteiger partial charge in [0.1, 0.15) is 28.0 Å². The number of para-hydroxylation sites is 4. The van der Waals surface area contributed by atoms with Crippen molar-refractivity contribution in [2.24, 2.45) is 0 Å². The largest absolute Gasteiger partial charge is 0.456 e. The lowest BCUT2D eigenvalue weighted by Crippen LogP contribution is -2.09. The monoisotopic (exact) mass is 720 g/mol. The Hall–Kier alpha value is -7.63. The first kappa shape index (κ1) is 31.9. The standard InChI is InChI=1S/C51H32N2O3/c1-4-10-46-39(7-1)32-50(54-46)36-15-13-33(14-16-36)34-17-24-40(25-18-34)53(42-28-21-37(22-29-42)51-52-45-9-3-6-12-49(45)56-51)41-26-19-35(20-27-41)38-23-30-48-44(31-38)43-8-2-5-11-47(43)55-48/h1-32H. The quantitative estimate of drug-likeness (QED) is 0.164. The number of furan rings is 2. The minimum atomic E-state index is 0.603. The third-order valence-electron chi connectivity index (χ3n) is 10.6. The lowest BCUT2D eigenvalue weighted by Gasteiger charge is -2.26. The van der Waals surface area contributed by atoms with Crippen molar-refractivity contribution in [3.63, 3.8) is 0 Å². The molecule has 56 heavy (non-hydrogen) atoms. The highest BCUT2D eigenvalue weighted by molar-refractivity contribution is 6.06. The van der Waals surface area contributed by atoms with Crippen molar-refractivity contribution in [2.45, 2.75) is 0 Å². The van der Waals surface area contributed by atoms with Crippen LogP contribution in [0.4, 0.5) is 17.1 Å². The molecule has 0 spiro atoms. The van der Waals surface area contributed by atoms with E-state index in [4.69, 9.17) is 18.2 Å². The van der Waals surface area contributed by atoms with Crippen molar-refractivity contribution < 1.29 is 13.3 Å². The van der Waals surface area contributed by atoms with Gasteiger partial charge in [0.25, 0.3) is 0 Å². The van der Waals surface area contributed by atoms with Gasteiger partial charge in [-0.25, -0.2) is 4.98 Å². The van der Waals surface area contributed by atoms with Gasteiger partial charge in [-0.1, -0.05) is 103 Å². The molecule has 8 aromatic carbocycles. The molecule has 0 unspecified atom stereocenters. The van der Waals surface area contributed by atoms with Crippen LogP contribution in [0.2, 0.25) is 0 Å². The molecule has 0 N–H and O–H groups in total. The van der Waals surface area contributed by atoms with Crippen molar-refractivity contribution in [3.05, 3.63) is 194 Å². The Morgan fingerprint density at radius 2 is 0.857 bits per heavy atom. The van der Waals surface area contributed by atoms with Gasteiger partial charge >= 0.3 is 0 Å². The Balaban J connectivity index is 0.931. The van der Waals surface area contributed by atoms with Crippen LogP contribution in [0, 0.1) is 0 Å². The predicted molar refractivity (Wildman–Crippen MR) is 227 cm³/mol. The fourth-order valence-electron chi connectivity index (χ4n) is 7.66. The minimum Gasteiger partial charge on any atom is -0.456 e. The second-order valence-electron chi connectivity index (χ2n) is 14.0. The fraction of sp³-hybridized carbons (Fsp3) is 0. The number of nitrogens with zero attached hydrogens (tertiary/aromatic N) is 2. The van der Waals surface area contributed by atoms with Crippen molar-refractivity contribution in [1.82, 2.24) is 4.98 Å². The van der Waals surface area contributed by atoms with E-state index in [9.17, 15) is 0 Å². The topological polar surface area (TPSA) is 55.6 Å². The van der Waals surface area contributed by atoms with Gasteiger partial charge in [-0.3, -0.25) is 0 Å². The summed E-state index contributed by atoms with van der Waals surface area (Å²) in [5.74, 6) is 1.47. The van der Waals surface area contributed by atoms with E-state index in [0.717, 1.165) is 100 Å². The maximum Gasteiger partial charge on any atom is 0.227 e. The zero-order valence-electron chi connectivity index (χ0n) is 30.1. The van der Waals surface area contributed by atoms with E-state index >= 15 is 0 Å². The number of hydrogen-bond acceptors (Lipinski definition) is 5. The molecule has 0 atom stereocenters. The number of rotatable bonds is 7. The van der Waals surface area contributed by atoms with Crippen LogP contribution in [0.15, 0.2) is 207 Å². The summed E-state index contributed by atoms with van der Waals surface area (Å²) in [4.78, 5) is 7.00. The van der Waals surface area contributed by atoms with Crippen molar-refractivity contribution in [1.29, 1.82) is 0 Å². The molecular formula is C51H32N2O3. The molecule has 5 nitrogen and oxygen atoms in total. The molecule has 0 aliphatic heterocycles. The van der Waals surface area contributed by atoms with E-state index in [-0.39, 0.29) is 0 Å². The second kappa shape index (κ2) is 13.0. The summed E-state index contributed by atoms with van der Waals surface area (Å²) in [6.07, 6.45) is 0. The summed E-state index contributed by atoms with van der Waals surface area (Å²) in [5, 5.41) is 3.35. The van der Waals surface area contributed by atoms with Gasteiger partial charge in [-0.2, -0.15) is 0 Å². The van der Waals surface area contributed by atoms with E-state index in [1.54, 1.807) is 0 Å². The molecule has 3 aromatic heterocycles. The molecule has 11 aromatic rings. The zero-order chi connectivity index (χ0) is 37.0. The molecule has 3 heterocycles. The first-order valence-corrected chi connectivity index (χ1v) is 18.7. The van der Waals surface area contributed by atoms with Gasteiger partial charge in [-0.15, -0.1) is 0 Å². The lowest BCUT2D eigenvalue weighted by atomic mass is 10.0. The average molecular weight is 721 g/mol. The van der Waals surface area contributed by atoms with Crippen LogP contribution < -0.4 is 4.90 Å². The molecule has 11 rings (SSSR count). The van der Waals surface area contributed by atoms with Gasteiger partial charge in [0.2, 0.25) is 5.89 Å².